The molecular formula is C16H21N3O3S2. The van der Waals surface area contributed by atoms with Gasteiger partial charge in [0, 0.05) is 22.5 Å². The Balaban J connectivity index is 1.60. The number of amides is 1. The van der Waals surface area contributed by atoms with Crippen LogP contribution in [-0.4, -0.2) is 48.3 Å². The highest BCUT2D eigenvalue weighted by molar-refractivity contribution is 8.15. The fraction of sp³-hybridized carbons (Fsp3) is 0.500. The quantitative estimate of drug-likeness (QED) is 0.849. The molecule has 1 amide bonds. The van der Waals surface area contributed by atoms with Crippen LogP contribution in [0.3, 0.4) is 0 Å². The molecule has 1 saturated heterocycles. The summed E-state index contributed by atoms with van der Waals surface area (Å²) in [6.45, 7) is 4.00. The Hall–Kier alpha value is -1.54. The van der Waals surface area contributed by atoms with Gasteiger partial charge >= 0.3 is 0 Å². The third-order valence-corrected chi connectivity index (χ3v) is 7.35. The minimum absolute atomic E-state index is 0.0260. The second-order valence-electron chi connectivity index (χ2n) is 6.22. The van der Waals surface area contributed by atoms with E-state index in [9.17, 15) is 13.2 Å². The van der Waals surface area contributed by atoms with Crippen LogP contribution in [0.2, 0.25) is 0 Å². The minimum Gasteiger partial charge on any atom is -0.350 e. The third-order valence-electron chi connectivity index (χ3n) is 4.21. The molecule has 2 aliphatic rings. The van der Waals surface area contributed by atoms with Crippen molar-refractivity contribution in [2.75, 3.05) is 16.8 Å². The van der Waals surface area contributed by atoms with Crippen molar-refractivity contribution in [3.8, 4) is 0 Å². The van der Waals surface area contributed by atoms with Gasteiger partial charge in [-0.3, -0.25) is 9.79 Å². The molecule has 1 fully saturated rings. The summed E-state index contributed by atoms with van der Waals surface area (Å²) in [6.07, 6.45) is 0.889. The zero-order chi connectivity index (χ0) is 17.3. The molecule has 130 valence electrons. The van der Waals surface area contributed by atoms with Gasteiger partial charge in [-0.1, -0.05) is 18.7 Å². The number of carbonyl (C=O) groups is 1. The van der Waals surface area contributed by atoms with Gasteiger partial charge in [-0.25, -0.2) is 8.42 Å². The molecule has 0 radical (unpaired) electrons. The van der Waals surface area contributed by atoms with Crippen LogP contribution in [0.15, 0.2) is 29.3 Å². The fourth-order valence-electron chi connectivity index (χ4n) is 2.65. The Morgan fingerprint density at radius 3 is 2.67 bits per heavy atom. The van der Waals surface area contributed by atoms with Gasteiger partial charge in [0.25, 0.3) is 5.91 Å². The standard InChI is InChI=1S/C16H21N3O3S2/c1-3-10(2)17-15(20)11-4-6-12(7-5-11)18-16-19-13-8-24(21,22)9-14(13)23-16/h4-7,10,13-14H,3,8-9H2,1-2H3,(H,17,20)(H,18,19)/t10-,13+,14+/m0/s1. The molecule has 3 atom stereocenters. The molecule has 0 spiro atoms. The third kappa shape index (κ3) is 3.92. The zero-order valence-electron chi connectivity index (χ0n) is 13.7. The molecule has 0 bridgehead atoms. The van der Waals surface area contributed by atoms with Crippen LogP contribution in [0.1, 0.15) is 30.6 Å². The largest absolute Gasteiger partial charge is 0.350 e. The molecule has 6 nitrogen and oxygen atoms in total. The number of anilines is 1. The maximum Gasteiger partial charge on any atom is 0.251 e. The number of hydrogen-bond donors (Lipinski definition) is 2. The first-order chi connectivity index (χ1) is 11.4. The SMILES string of the molecule is CC[C@H](C)NC(=O)c1ccc(NC2=N[C@@H]3CS(=O)(=O)C[C@H]3S2)cc1. The van der Waals surface area contributed by atoms with Gasteiger partial charge < -0.3 is 10.6 Å². The van der Waals surface area contributed by atoms with E-state index in [1.807, 2.05) is 26.0 Å². The van der Waals surface area contributed by atoms with Crippen LogP contribution in [0.4, 0.5) is 5.69 Å². The number of carbonyl (C=O) groups excluding carboxylic acids is 1. The van der Waals surface area contributed by atoms with E-state index in [0.717, 1.165) is 17.3 Å². The van der Waals surface area contributed by atoms with Gasteiger partial charge in [-0.05, 0) is 37.6 Å². The predicted octanol–water partition coefficient (Wildman–Crippen LogP) is 1.90. The zero-order valence-corrected chi connectivity index (χ0v) is 15.3. The van der Waals surface area contributed by atoms with E-state index in [1.54, 1.807) is 12.1 Å². The van der Waals surface area contributed by atoms with Gasteiger partial charge in [0.15, 0.2) is 15.0 Å². The highest BCUT2D eigenvalue weighted by atomic mass is 32.2. The van der Waals surface area contributed by atoms with Crippen molar-refractivity contribution in [2.45, 2.75) is 37.6 Å². The van der Waals surface area contributed by atoms with Crippen LogP contribution >= 0.6 is 11.8 Å². The van der Waals surface area contributed by atoms with Gasteiger partial charge in [-0.2, -0.15) is 0 Å². The summed E-state index contributed by atoms with van der Waals surface area (Å²) in [6, 6.07) is 7.22. The highest BCUT2D eigenvalue weighted by Crippen LogP contribution is 2.34. The average Bonchev–Trinajstić information content (AvgIpc) is 3.00. The first kappa shape index (κ1) is 17.3. The Bertz CT molecular complexity index is 759. The van der Waals surface area contributed by atoms with Crippen molar-refractivity contribution < 1.29 is 13.2 Å². The summed E-state index contributed by atoms with van der Waals surface area (Å²) < 4.78 is 23.1. The Labute approximate surface area is 146 Å². The number of thioether (sulfide) groups is 1. The number of amidine groups is 1. The molecule has 1 aromatic rings. The molecule has 24 heavy (non-hydrogen) atoms. The number of nitrogens with one attached hydrogen (secondary N) is 2. The van der Waals surface area contributed by atoms with Gasteiger partial charge in [0.2, 0.25) is 0 Å². The van der Waals surface area contributed by atoms with E-state index < -0.39 is 9.84 Å². The number of fused-ring (bicyclic) bond motifs is 1. The van der Waals surface area contributed by atoms with Crippen molar-refractivity contribution >= 4 is 38.4 Å². The highest BCUT2D eigenvalue weighted by Gasteiger charge is 2.42. The maximum absolute atomic E-state index is 12.0. The first-order valence-corrected chi connectivity index (χ1v) is 10.7. The molecule has 8 heteroatoms. The molecule has 2 aliphatic heterocycles. The van der Waals surface area contributed by atoms with E-state index in [2.05, 4.69) is 15.6 Å². The number of benzene rings is 1. The van der Waals surface area contributed by atoms with Crippen LogP contribution in [0.25, 0.3) is 0 Å². The summed E-state index contributed by atoms with van der Waals surface area (Å²) in [5.41, 5.74) is 1.45. The van der Waals surface area contributed by atoms with E-state index in [1.165, 1.54) is 11.8 Å². The lowest BCUT2D eigenvalue weighted by atomic mass is 10.1. The lowest BCUT2D eigenvalue weighted by Gasteiger charge is -2.12. The summed E-state index contributed by atoms with van der Waals surface area (Å²) in [7, 11) is -2.93. The number of hydrogen-bond acceptors (Lipinski definition) is 6. The van der Waals surface area contributed by atoms with Gasteiger partial charge in [0.1, 0.15) is 0 Å². The van der Waals surface area contributed by atoms with Crippen LogP contribution in [0.5, 0.6) is 0 Å². The molecule has 2 heterocycles. The van der Waals surface area contributed by atoms with Gasteiger partial charge in [-0.15, -0.1) is 0 Å². The molecule has 2 N–H and O–H groups in total. The minimum atomic E-state index is -2.93. The smallest absolute Gasteiger partial charge is 0.251 e. The number of nitrogens with zero attached hydrogens (tertiary/aromatic N) is 1. The molecule has 0 aliphatic carbocycles. The van der Waals surface area contributed by atoms with Crippen molar-refractivity contribution in [1.29, 1.82) is 0 Å². The Morgan fingerprint density at radius 1 is 1.33 bits per heavy atom. The van der Waals surface area contributed by atoms with E-state index in [4.69, 9.17) is 0 Å². The molecule has 3 rings (SSSR count). The molecule has 0 unspecified atom stereocenters. The lowest BCUT2D eigenvalue weighted by molar-refractivity contribution is 0.0939. The predicted molar refractivity (Wildman–Crippen MR) is 98.5 cm³/mol. The van der Waals surface area contributed by atoms with Crippen LogP contribution < -0.4 is 10.6 Å². The summed E-state index contributed by atoms with van der Waals surface area (Å²) in [5, 5.41) is 6.90. The van der Waals surface area contributed by atoms with Gasteiger partial charge in [0.05, 0.1) is 17.5 Å². The van der Waals surface area contributed by atoms with Crippen molar-refractivity contribution in [3.63, 3.8) is 0 Å². The van der Waals surface area contributed by atoms with E-state index in [-0.39, 0.29) is 34.7 Å². The maximum atomic E-state index is 12.0. The molecule has 1 aromatic carbocycles. The first-order valence-electron chi connectivity index (χ1n) is 7.99. The van der Waals surface area contributed by atoms with Crippen molar-refractivity contribution in [1.82, 2.24) is 5.32 Å². The van der Waals surface area contributed by atoms with Crippen molar-refractivity contribution in [3.05, 3.63) is 29.8 Å². The topological polar surface area (TPSA) is 87.6 Å². The number of sulfone groups is 1. The summed E-state index contributed by atoms with van der Waals surface area (Å²) in [5.74, 6) is 0.263. The summed E-state index contributed by atoms with van der Waals surface area (Å²) >= 11 is 1.48. The number of rotatable bonds is 4. The van der Waals surface area contributed by atoms with E-state index >= 15 is 0 Å². The Morgan fingerprint density at radius 2 is 2.04 bits per heavy atom. The summed E-state index contributed by atoms with van der Waals surface area (Å²) in [4.78, 5) is 16.5. The lowest BCUT2D eigenvalue weighted by Crippen LogP contribution is -2.31. The fourth-order valence-corrected chi connectivity index (χ4v) is 6.33. The molecule has 0 saturated carbocycles. The molecule has 0 aromatic heterocycles. The normalized spacial score (nSPS) is 25.7. The monoisotopic (exact) mass is 367 g/mol. The second-order valence-corrected chi connectivity index (χ2v) is 9.60. The van der Waals surface area contributed by atoms with Crippen molar-refractivity contribution in [2.24, 2.45) is 4.99 Å². The van der Waals surface area contributed by atoms with Crippen LogP contribution in [0, 0.1) is 0 Å². The Kier molecular flexibility index (Phi) is 4.87. The van der Waals surface area contributed by atoms with E-state index in [0.29, 0.717) is 5.56 Å². The number of aliphatic imine (C=N–C) groups is 1. The van der Waals surface area contributed by atoms with Crippen LogP contribution in [-0.2, 0) is 9.84 Å². The molecular weight excluding hydrogens is 346 g/mol. The second kappa shape index (κ2) is 6.76. The average molecular weight is 367 g/mol.